The van der Waals surface area contributed by atoms with E-state index in [1.54, 1.807) is 0 Å². The molecule has 11 heavy (non-hydrogen) atoms. The minimum atomic E-state index is 0.750. The molecule has 58 valence electrons. The van der Waals surface area contributed by atoms with Crippen molar-refractivity contribution in [1.82, 2.24) is 0 Å². The predicted octanol–water partition coefficient (Wildman–Crippen LogP) is 1.48. The largest absolute Gasteiger partial charge is 0.399 e. The van der Waals surface area contributed by atoms with Gasteiger partial charge in [0, 0.05) is 5.69 Å². The Kier molecular flexibility index (Phi) is 4.45. The molecule has 0 saturated heterocycles. The van der Waals surface area contributed by atoms with Crippen LogP contribution in [0.2, 0.25) is 0 Å². The lowest BCUT2D eigenvalue weighted by atomic mass is 10.2. The lowest BCUT2D eigenvalue weighted by Gasteiger charge is -1.90. The molecule has 0 saturated carbocycles. The van der Waals surface area contributed by atoms with Crippen LogP contribution in [0.3, 0.4) is 0 Å². The van der Waals surface area contributed by atoms with Crippen molar-refractivity contribution in [3.05, 3.63) is 29.8 Å². The third-order valence-corrected chi connectivity index (χ3v) is 1.08. The summed E-state index contributed by atoms with van der Waals surface area (Å²) >= 11 is 0. The molecule has 0 unspecified atom stereocenters. The van der Waals surface area contributed by atoms with E-state index >= 15 is 0 Å². The van der Waals surface area contributed by atoms with Gasteiger partial charge < -0.3 is 5.73 Å². The maximum Gasteiger partial charge on any atom is 0.231 e. The molecule has 1 rings (SSSR count). The first kappa shape index (κ1) is 9.40. The molecule has 0 amide bonds. The lowest BCUT2D eigenvalue weighted by molar-refractivity contribution is 0.563. The summed E-state index contributed by atoms with van der Waals surface area (Å²) in [6.45, 7) is 2.04. The van der Waals surface area contributed by atoms with E-state index in [2.05, 4.69) is 0 Å². The average molecular weight is 150 g/mol. The number of isocyanates is 1. The Hall–Kier alpha value is -1.60. The van der Waals surface area contributed by atoms with Crippen molar-refractivity contribution in [3.8, 4) is 0 Å². The van der Waals surface area contributed by atoms with Gasteiger partial charge in [-0.25, -0.2) is 10.2 Å². The van der Waals surface area contributed by atoms with Crippen molar-refractivity contribution in [1.29, 1.82) is 5.41 Å². The zero-order valence-corrected chi connectivity index (χ0v) is 6.29. The van der Waals surface area contributed by atoms with Crippen LogP contribution in [-0.4, -0.2) is 6.08 Å². The van der Waals surface area contributed by atoms with E-state index in [-0.39, 0.29) is 0 Å². The van der Waals surface area contributed by atoms with Crippen molar-refractivity contribution >= 4 is 11.8 Å². The summed E-state index contributed by atoms with van der Waals surface area (Å²) in [7, 11) is 0. The number of nitrogen functional groups attached to an aromatic ring is 1. The third-order valence-electron chi connectivity index (χ3n) is 1.08. The highest BCUT2D eigenvalue weighted by Gasteiger charge is 1.80. The van der Waals surface area contributed by atoms with Gasteiger partial charge in [0.25, 0.3) is 0 Å². The summed E-state index contributed by atoms with van der Waals surface area (Å²) in [6, 6.07) is 7.79. The minimum absolute atomic E-state index is 0.750. The van der Waals surface area contributed by atoms with Gasteiger partial charge in [-0.3, -0.25) is 0 Å². The van der Waals surface area contributed by atoms with Crippen molar-refractivity contribution in [3.63, 3.8) is 0 Å². The number of rotatable bonds is 0. The lowest BCUT2D eigenvalue weighted by Crippen LogP contribution is -1.81. The fourth-order valence-corrected chi connectivity index (χ4v) is 0.566. The molecule has 0 spiro atoms. The molecule has 0 fully saturated rings. The Bertz CT molecular complexity index is 214. The van der Waals surface area contributed by atoms with Crippen LogP contribution in [0.15, 0.2) is 24.3 Å². The summed E-state index contributed by atoms with van der Waals surface area (Å²) in [4.78, 5) is 8.35. The first-order valence-corrected chi connectivity index (χ1v) is 3.06. The second kappa shape index (κ2) is 5.21. The fraction of sp³-hybridized carbons (Fsp3) is 0.125. The zero-order valence-electron chi connectivity index (χ0n) is 6.29. The van der Waals surface area contributed by atoms with Crippen molar-refractivity contribution < 1.29 is 4.79 Å². The molecule has 3 heteroatoms. The van der Waals surface area contributed by atoms with Gasteiger partial charge in [-0.15, -0.1) is 0 Å². The van der Waals surface area contributed by atoms with E-state index in [9.17, 15) is 0 Å². The monoisotopic (exact) mass is 150 g/mol. The smallest absolute Gasteiger partial charge is 0.231 e. The quantitative estimate of drug-likeness (QED) is 0.334. The molecule has 3 N–H and O–H groups in total. The van der Waals surface area contributed by atoms with Gasteiger partial charge in [-0.1, -0.05) is 17.7 Å². The number of hydrogen-bond acceptors (Lipinski definition) is 3. The number of nitrogens with two attached hydrogens (primary N) is 1. The molecule has 0 aromatic heterocycles. The molecule has 0 aliphatic carbocycles. The van der Waals surface area contributed by atoms with Crippen LogP contribution in [-0.2, 0) is 4.79 Å². The summed E-state index contributed by atoms with van der Waals surface area (Å²) in [5.74, 6) is 0. The molecule has 3 nitrogen and oxygen atoms in total. The molecule has 0 aliphatic rings. The van der Waals surface area contributed by atoms with Gasteiger partial charge in [0.1, 0.15) is 0 Å². The normalized spacial score (nSPS) is 7.36. The number of hydrogen-bond donors (Lipinski definition) is 2. The fourth-order valence-electron chi connectivity index (χ4n) is 0.566. The number of carbonyl (C=O) groups excluding carboxylic acids is 1. The molecule has 1 aromatic carbocycles. The van der Waals surface area contributed by atoms with Crippen LogP contribution < -0.4 is 5.73 Å². The van der Waals surface area contributed by atoms with Crippen molar-refractivity contribution in [2.45, 2.75) is 6.92 Å². The maximum atomic E-state index is 8.35. The highest BCUT2D eigenvalue weighted by atomic mass is 16.1. The first-order valence-electron chi connectivity index (χ1n) is 3.06. The standard InChI is InChI=1S/C7H9N.CHNO/c1-6-2-4-7(8)5-3-6;2-1-3/h2-5H,8H2,1H3;2H. The number of nitrogens with one attached hydrogen (secondary N) is 1. The Labute approximate surface area is 65.4 Å². The zero-order chi connectivity index (χ0) is 8.69. The van der Waals surface area contributed by atoms with Crippen molar-refractivity contribution in [2.24, 2.45) is 0 Å². The SMILES string of the molecule is Cc1ccc(N)cc1.N=C=O. The summed E-state index contributed by atoms with van der Waals surface area (Å²) < 4.78 is 0. The van der Waals surface area contributed by atoms with Gasteiger partial charge in [0.2, 0.25) is 6.08 Å². The number of anilines is 1. The minimum Gasteiger partial charge on any atom is -0.399 e. The van der Waals surface area contributed by atoms with Crippen LogP contribution in [0, 0.1) is 12.3 Å². The molecule has 0 atom stereocenters. The van der Waals surface area contributed by atoms with Gasteiger partial charge in [-0.05, 0) is 19.1 Å². The van der Waals surface area contributed by atoms with Gasteiger partial charge in [0.15, 0.2) is 0 Å². The Morgan fingerprint density at radius 1 is 1.36 bits per heavy atom. The van der Waals surface area contributed by atoms with E-state index in [0.717, 1.165) is 11.8 Å². The van der Waals surface area contributed by atoms with E-state index in [1.165, 1.54) is 5.56 Å². The number of aryl methyl sites for hydroxylation is 1. The Morgan fingerprint density at radius 3 is 2.00 bits per heavy atom. The van der Waals surface area contributed by atoms with E-state index in [1.807, 2.05) is 31.2 Å². The molecule has 1 aromatic rings. The molecule has 0 radical (unpaired) electrons. The second-order valence-electron chi connectivity index (χ2n) is 2.01. The molecule has 0 bridgehead atoms. The summed E-state index contributed by atoms with van der Waals surface area (Å²) in [5, 5.41) is 5.40. The molecule has 0 heterocycles. The Morgan fingerprint density at radius 2 is 1.73 bits per heavy atom. The molecule has 0 aliphatic heterocycles. The van der Waals surface area contributed by atoms with Crippen molar-refractivity contribution in [2.75, 3.05) is 5.73 Å². The average Bonchev–Trinajstić information content (AvgIpc) is 1.97. The van der Waals surface area contributed by atoms with E-state index < -0.39 is 0 Å². The van der Waals surface area contributed by atoms with Crippen LogP contribution in [0.4, 0.5) is 5.69 Å². The first-order chi connectivity index (χ1) is 5.20. The predicted molar refractivity (Wildman–Crippen MR) is 44.0 cm³/mol. The van der Waals surface area contributed by atoms with Crippen LogP contribution in [0.25, 0.3) is 0 Å². The van der Waals surface area contributed by atoms with E-state index in [0.29, 0.717) is 0 Å². The van der Waals surface area contributed by atoms with Gasteiger partial charge in [-0.2, -0.15) is 0 Å². The topological polar surface area (TPSA) is 66.9 Å². The highest BCUT2D eigenvalue weighted by molar-refractivity contribution is 5.38. The van der Waals surface area contributed by atoms with Gasteiger partial charge >= 0.3 is 0 Å². The van der Waals surface area contributed by atoms with Gasteiger partial charge in [0.05, 0.1) is 0 Å². The molecular formula is C8H10N2O. The number of benzene rings is 1. The van der Waals surface area contributed by atoms with E-state index in [4.69, 9.17) is 15.9 Å². The third kappa shape index (κ3) is 4.88. The summed E-state index contributed by atoms with van der Waals surface area (Å²) in [5.41, 5.74) is 7.51. The van der Waals surface area contributed by atoms with Crippen LogP contribution in [0.5, 0.6) is 0 Å². The highest BCUT2D eigenvalue weighted by Crippen LogP contribution is 2.02. The summed E-state index contributed by atoms with van der Waals surface area (Å²) in [6.07, 6.45) is 0.750. The molecular weight excluding hydrogens is 140 g/mol. The van der Waals surface area contributed by atoms with Crippen LogP contribution in [0.1, 0.15) is 5.56 Å². The maximum absolute atomic E-state index is 8.35. The Balaban J connectivity index is 0.000000292. The van der Waals surface area contributed by atoms with Crippen LogP contribution >= 0.6 is 0 Å². The second-order valence-corrected chi connectivity index (χ2v) is 2.01.